The Hall–Kier alpha value is 0.200. The lowest BCUT2D eigenvalue weighted by Gasteiger charge is -2.25. The lowest BCUT2D eigenvalue weighted by atomic mass is 9.95. The van der Waals surface area contributed by atoms with Gasteiger partial charge in [0.15, 0.2) is 7.85 Å². The molecule has 1 N–H and O–H groups in total. The molecule has 0 atom stereocenters. The second kappa shape index (κ2) is 13.4. The first-order valence-corrected chi connectivity index (χ1v) is 13.7. The molecule has 0 aromatic carbocycles. The highest BCUT2D eigenvalue weighted by Gasteiger charge is 2.36. The number of hydrogen-bond donors (Lipinski definition) is 1. The van der Waals surface area contributed by atoms with Gasteiger partial charge in [-0.05, 0) is 57.8 Å². The van der Waals surface area contributed by atoms with Gasteiger partial charge >= 0.3 is 0 Å². The minimum Gasteiger partial charge on any atom is -0.353 e. The molecule has 146 valence electrons. The first-order valence-electron chi connectivity index (χ1n) is 11.2. The number of nitrogens with one attached hydrogen (secondary N) is 1. The average molecular weight is 462 g/mol. The van der Waals surface area contributed by atoms with Crippen molar-refractivity contribution in [3.8, 4) is 0 Å². The van der Waals surface area contributed by atoms with E-state index in [0.29, 0.717) is 33.2 Å². The molecule has 3 heteroatoms. The van der Waals surface area contributed by atoms with E-state index >= 15 is 0 Å². The minimum atomic E-state index is 0.319. The number of carbonyl (C=O) groups excluding carboxylic acids is 1. The molecule has 0 spiro atoms. The topological polar surface area (TPSA) is 29.1 Å². The Bertz CT molecular complexity index is 346. The lowest BCUT2D eigenvalue weighted by molar-refractivity contribution is -0.726. The number of rotatable bonds is 11. The van der Waals surface area contributed by atoms with Crippen LogP contribution < -0.4 is 26.5 Å². The summed E-state index contributed by atoms with van der Waals surface area (Å²) in [6, 6.07) is 0.490. The fourth-order valence-corrected chi connectivity index (χ4v) is 8.77. The Morgan fingerprint density at radius 3 is 2.08 bits per heavy atom. The molecule has 2 saturated carbocycles. The van der Waals surface area contributed by atoms with Gasteiger partial charge in [0, 0.05) is 12.5 Å². The summed E-state index contributed by atoms with van der Waals surface area (Å²) in [5, 5.41) is 3.33. The molecule has 0 bridgehead atoms. The van der Waals surface area contributed by atoms with Crippen molar-refractivity contribution in [1.29, 1.82) is 0 Å². The second-order valence-corrected chi connectivity index (χ2v) is 12.5. The minimum absolute atomic E-state index is 0.319. The van der Waals surface area contributed by atoms with E-state index in [0.717, 1.165) is 20.7 Å². The Morgan fingerprint density at radius 2 is 1.40 bits per heavy atom. The van der Waals surface area contributed by atoms with Crippen LogP contribution in [-0.4, -0.2) is 19.8 Å². The largest absolute Gasteiger partial charge is 0.353 e. The van der Waals surface area contributed by atoms with Crippen molar-refractivity contribution >= 4 is 5.91 Å². The molecule has 0 aromatic rings. The van der Waals surface area contributed by atoms with Crippen LogP contribution in [0.5, 0.6) is 0 Å². The quantitative estimate of drug-likeness (QED) is 0.286. The predicted octanol–water partition coefficient (Wildman–Crippen LogP) is 2.98. The van der Waals surface area contributed by atoms with Crippen LogP contribution in [0.15, 0.2) is 0 Å². The fraction of sp³-hybridized carbons (Fsp3) is 0.955. The van der Waals surface area contributed by atoms with Gasteiger partial charge in [0.2, 0.25) is 5.91 Å². The molecular weight excluding hydrogens is 421 g/mol. The van der Waals surface area contributed by atoms with Gasteiger partial charge in [-0.15, -0.1) is 0 Å². The van der Waals surface area contributed by atoms with E-state index in [-0.39, 0.29) is 0 Å². The monoisotopic (exact) mass is 462 g/mol. The standard InChI is InChI=1S/C22H40INO/c1-2-3-4-5-6-7-11-14-22(25)24-21-17-15-20(16-18-21)23-19-12-9-8-10-13-19/h19-21H,2-18H2,1H3/p+1. The third-order valence-corrected chi connectivity index (χ3v) is 10.4. The molecule has 1 amide bonds. The fourth-order valence-electron chi connectivity index (χ4n) is 4.30. The summed E-state index contributed by atoms with van der Waals surface area (Å²) in [6.07, 6.45) is 22.6. The molecule has 0 unspecified atom stereocenters. The van der Waals surface area contributed by atoms with Crippen LogP contribution in [0.25, 0.3) is 0 Å². The van der Waals surface area contributed by atoms with Crippen LogP contribution in [0.4, 0.5) is 0 Å². The number of amides is 1. The van der Waals surface area contributed by atoms with Crippen molar-refractivity contribution in [3.63, 3.8) is 0 Å². The number of alkyl halides is 2. The van der Waals surface area contributed by atoms with Crippen molar-refractivity contribution < 1.29 is 26.0 Å². The van der Waals surface area contributed by atoms with E-state index < -0.39 is 0 Å². The summed E-state index contributed by atoms with van der Waals surface area (Å²) in [7, 11) is 0. The van der Waals surface area contributed by atoms with Gasteiger partial charge in [0.1, 0.15) is 0 Å². The van der Waals surface area contributed by atoms with Crippen LogP contribution in [0.2, 0.25) is 0 Å². The normalized spacial score (nSPS) is 25.0. The molecule has 2 nitrogen and oxygen atoms in total. The van der Waals surface area contributed by atoms with Gasteiger partial charge in [-0.2, -0.15) is 0 Å². The Labute approximate surface area is 166 Å². The number of carbonyl (C=O) groups is 1. The summed E-state index contributed by atoms with van der Waals surface area (Å²) < 4.78 is 2.18. The first kappa shape index (κ1) is 21.5. The van der Waals surface area contributed by atoms with Crippen LogP contribution in [0, 0.1) is 0 Å². The third-order valence-electron chi connectivity index (χ3n) is 5.92. The molecule has 0 saturated heterocycles. The van der Waals surface area contributed by atoms with Gasteiger partial charge < -0.3 is 5.32 Å². The smallest absolute Gasteiger partial charge is 0.275 e. The Balaban J connectivity index is 1.47. The van der Waals surface area contributed by atoms with Crippen LogP contribution in [-0.2, 0) is 4.79 Å². The summed E-state index contributed by atoms with van der Waals surface area (Å²) >= 11 is 0.410. The van der Waals surface area contributed by atoms with E-state index in [1.54, 1.807) is 0 Å². The van der Waals surface area contributed by atoms with Crippen molar-refractivity contribution in [2.75, 3.05) is 0 Å². The zero-order valence-corrected chi connectivity index (χ0v) is 18.7. The van der Waals surface area contributed by atoms with Crippen LogP contribution >= 0.6 is 0 Å². The van der Waals surface area contributed by atoms with E-state index in [1.807, 2.05) is 0 Å². The predicted molar refractivity (Wildman–Crippen MR) is 104 cm³/mol. The number of hydrogen-bond acceptors (Lipinski definition) is 1. The van der Waals surface area contributed by atoms with Crippen molar-refractivity contribution in [2.24, 2.45) is 0 Å². The Morgan fingerprint density at radius 1 is 0.800 bits per heavy atom. The van der Waals surface area contributed by atoms with Gasteiger partial charge in [0.25, 0.3) is 21.2 Å². The molecule has 25 heavy (non-hydrogen) atoms. The molecule has 0 heterocycles. The summed E-state index contributed by atoms with van der Waals surface area (Å²) in [6.45, 7) is 2.26. The van der Waals surface area contributed by atoms with E-state index in [4.69, 9.17) is 0 Å². The van der Waals surface area contributed by atoms with E-state index in [9.17, 15) is 4.79 Å². The van der Waals surface area contributed by atoms with Crippen molar-refractivity contribution in [1.82, 2.24) is 5.32 Å². The SMILES string of the molecule is CCCCCCCCCC(=O)NC1CCC([I+]C2CCCCC2)CC1. The summed E-state index contributed by atoms with van der Waals surface area (Å²) in [5.74, 6) is 0.319. The van der Waals surface area contributed by atoms with Gasteiger partial charge in [-0.25, -0.2) is 0 Å². The average Bonchev–Trinajstić information content (AvgIpc) is 2.63. The zero-order valence-electron chi connectivity index (χ0n) is 16.5. The van der Waals surface area contributed by atoms with Crippen LogP contribution in [0.3, 0.4) is 0 Å². The molecule has 2 aliphatic rings. The van der Waals surface area contributed by atoms with Gasteiger partial charge in [-0.1, -0.05) is 51.9 Å². The van der Waals surface area contributed by atoms with Crippen molar-refractivity contribution in [3.05, 3.63) is 0 Å². The van der Waals surface area contributed by atoms with Gasteiger partial charge in [0.05, 0.1) is 0 Å². The molecule has 0 aliphatic heterocycles. The molecule has 0 radical (unpaired) electrons. The van der Waals surface area contributed by atoms with E-state index in [1.165, 1.54) is 96.3 Å². The van der Waals surface area contributed by atoms with Crippen molar-refractivity contribution in [2.45, 2.75) is 130 Å². The maximum absolute atomic E-state index is 12.1. The molecular formula is C22H41INO+. The number of unbranched alkanes of at least 4 members (excludes halogenated alkanes) is 6. The van der Waals surface area contributed by atoms with E-state index in [2.05, 4.69) is 12.2 Å². The zero-order chi connectivity index (χ0) is 17.7. The van der Waals surface area contributed by atoms with Crippen LogP contribution in [0.1, 0.15) is 116 Å². The molecule has 2 fully saturated rings. The first-order chi connectivity index (χ1) is 12.3. The molecule has 2 aliphatic carbocycles. The Kier molecular flexibility index (Phi) is 11.5. The lowest BCUT2D eigenvalue weighted by Crippen LogP contribution is -3.68. The maximum Gasteiger partial charge on any atom is 0.275 e. The maximum atomic E-state index is 12.1. The summed E-state index contributed by atoms with van der Waals surface area (Å²) in [5.41, 5.74) is 0. The highest BCUT2D eigenvalue weighted by Crippen LogP contribution is 2.18. The highest BCUT2D eigenvalue weighted by atomic mass is 127. The van der Waals surface area contributed by atoms with Gasteiger partial charge in [-0.3, -0.25) is 4.79 Å². The summed E-state index contributed by atoms with van der Waals surface area (Å²) in [4.78, 5) is 12.1. The number of halogens is 1. The second-order valence-electron chi connectivity index (χ2n) is 8.25. The third kappa shape index (κ3) is 9.63. The molecule has 2 rings (SSSR count). The molecule has 0 aromatic heterocycles. The highest BCUT2D eigenvalue weighted by molar-refractivity contribution is 5.76.